The number of hydrogen-bond acceptors (Lipinski definition) is 3. The van der Waals surface area contributed by atoms with Gasteiger partial charge >= 0.3 is 0 Å². The predicted molar refractivity (Wildman–Crippen MR) is 72.4 cm³/mol. The van der Waals surface area contributed by atoms with Gasteiger partial charge in [0.25, 0.3) is 0 Å². The van der Waals surface area contributed by atoms with Crippen molar-refractivity contribution < 1.29 is 4.74 Å². The molecule has 1 aliphatic rings. The van der Waals surface area contributed by atoms with Crippen LogP contribution in [0.3, 0.4) is 0 Å². The lowest BCUT2D eigenvalue weighted by Crippen LogP contribution is -2.35. The van der Waals surface area contributed by atoms with Gasteiger partial charge in [0, 0.05) is 12.0 Å². The van der Waals surface area contributed by atoms with Crippen molar-refractivity contribution in [1.29, 1.82) is 0 Å². The van der Waals surface area contributed by atoms with E-state index >= 15 is 0 Å². The van der Waals surface area contributed by atoms with Crippen LogP contribution in [0.5, 0.6) is 0 Å². The quantitative estimate of drug-likeness (QED) is 0.804. The minimum absolute atomic E-state index is 0.0789. The van der Waals surface area contributed by atoms with Gasteiger partial charge in [0.1, 0.15) is 10.6 Å². The van der Waals surface area contributed by atoms with Gasteiger partial charge in [-0.2, -0.15) is 0 Å². The Morgan fingerprint density at radius 3 is 2.94 bits per heavy atom. The second kappa shape index (κ2) is 5.49. The summed E-state index contributed by atoms with van der Waals surface area (Å²) in [6, 6.07) is 0. The Morgan fingerprint density at radius 1 is 1.53 bits per heavy atom. The third-order valence-electron chi connectivity index (χ3n) is 3.68. The highest BCUT2D eigenvalue weighted by atomic mass is 32.1. The number of nitrogens with zero attached hydrogens (tertiary/aromatic N) is 1. The fraction of sp³-hybridized carbons (Fsp3) is 0.786. The van der Waals surface area contributed by atoms with E-state index in [1.54, 1.807) is 11.3 Å². The van der Waals surface area contributed by atoms with Crippen molar-refractivity contribution in [3.63, 3.8) is 0 Å². The van der Waals surface area contributed by atoms with Gasteiger partial charge in [-0.15, -0.1) is 11.3 Å². The zero-order valence-corrected chi connectivity index (χ0v) is 12.0. The Hall–Kier alpha value is -0.410. The van der Waals surface area contributed by atoms with Gasteiger partial charge in [-0.05, 0) is 38.5 Å². The van der Waals surface area contributed by atoms with E-state index in [0.717, 1.165) is 31.8 Å². The van der Waals surface area contributed by atoms with Gasteiger partial charge < -0.3 is 4.74 Å². The lowest BCUT2D eigenvalue weighted by molar-refractivity contribution is -0.0821. The van der Waals surface area contributed by atoms with Crippen molar-refractivity contribution in [2.75, 3.05) is 6.61 Å². The summed E-state index contributed by atoms with van der Waals surface area (Å²) in [5.74, 6) is 0.754. The van der Waals surface area contributed by atoms with E-state index in [2.05, 4.69) is 26.2 Å². The molecule has 2 nitrogen and oxygen atoms in total. The van der Waals surface area contributed by atoms with Gasteiger partial charge in [0.15, 0.2) is 0 Å². The third-order valence-corrected chi connectivity index (χ3v) is 4.76. The molecule has 0 aliphatic heterocycles. The van der Waals surface area contributed by atoms with E-state index in [1.807, 2.05) is 0 Å². The molecule has 2 atom stereocenters. The lowest BCUT2D eigenvalue weighted by atomic mass is 9.79. The molecule has 0 amide bonds. The van der Waals surface area contributed by atoms with E-state index in [-0.39, 0.29) is 5.60 Å². The van der Waals surface area contributed by atoms with Crippen LogP contribution in [0.4, 0.5) is 0 Å². The van der Waals surface area contributed by atoms with Crippen molar-refractivity contribution >= 4 is 11.3 Å². The average Bonchev–Trinajstić information content (AvgIpc) is 2.78. The van der Waals surface area contributed by atoms with Crippen LogP contribution in [0.1, 0.15) is 57.2 Å². The zero-order chi connectivity index (χ0) is 12.3. The molecule has 96 valence electrons. The monoisotopic (exact) mass is 253 g/mol. The molecule has 1 aliphatic carbocycles. The summed E-state index contributed by atoms with van der Waals surface area (Å²) in [6.45, 7) is 7.38. The molecule has 2 unspecified atom stereocenters. The maximum Gasteiger partial charge on any atom is 0.125 e. The van der Waals surface area contributed by atoms with E-state index in [4.69, 9.17) is 9.72 Å². The number of hydrogen-bond donors (Lipinski definition) is 0. The van der Waals surface area contributed by atoms with Gasteiger partial charge in [0.2, 0.25) is 0 Å². The van der Waals surface area contributed by atoms with Crippen molar-refractivity contribution in [3.05, 3.63) is 16.1 Å². The molecule has 0 N–H and O–H groups in total. The lowest BCUT2D eigenvalue weighted by Gasteiger charge is -2.38. The molecule has 17 heavy (non-hydrogen) atoms. The summed E-state index contributed by atoms with van der Waals surface area (Å²) in [5.41, 5.74) is 1.13. The molecule has 0 spiro atoms. The molecule has 1 heterocycles. The molecule has 0 bridgehead atoms. The molecule has 1 saturated carbocycles. The smallest absolute Gasteiger partial charge is 0.125 e. The van der Waals surface area contributed by atoms with Crippen LogP contribution in [0.2, 0.25) is 0 Å². The minimum atomic E-state index is -0.0789. The number of thiazole rings is 1. The molecular weight excluding hydrogens is 230 g/mol. The van der Waals surface area contributed by atoms with Gasteiger partial charge in [0.05, 0.1) is 5.69 Å². The Labute approximate surface area is 108 Å². The highest BCUT2D eigenvalue weighted by Gasteiger charge is 2.39. The van der Waals surface area contributed by atoms with Crippen LogP contribution in [-0.2, 0) is 16.8 Å². The van der Waals surface area contributed by atoms with E-state index in [9.17, 15) is 0 Å². The van der Waals surface area contributed by atoms with Crippen LogP contribution >= 0.6 is 11.3 Å². The second-order valence-electron chi connectivity index (χ2n) is 5.13. The minimum Gasteiger partial charge on any atom is -0.368 e. The van der Waals surface area contributed by atoms with Crippen molar-refractivity contribution in [1.82, 2.24) is 4.98 Å². The fourth-order valence-electron chi connectivity index (χ4n) is 2.85. The number of aromatic nitrogens is 1. The Morgan fingerprint density at radius 2 is 2.35 bits per heavy atom. The number of ether oxygens (including phenoxy) is 1. The Kier molecular flexibility index (Phi) is 4.21. The SMILES string of the molecule is CCOC1(c2nc(CC)cs2)CCCC(C)C1. The average molecular weight is 253 g/mol. The molecule has 1 fully saturated rings. The van der Waals surface area contributed by atoms with E-state index in [0.29, 0.717) is 0 Å². The molecule has 0 aromatic carbocycles. The summed E-state index contributed by atoms with van der Waals surface area (Å²) in [6.07, 6.45) is 5.90. The maximum atomic E-state index is 6.13. The standard InChI is InChI=1S/C14H23NOS/c1-4-12-10-17-13(15-12)14(16-5-2)8-6-7-11(3)9-14/h10-11H,4-9H2,1-3H3. The predicted octanol–water partition coefficient (Wildman–Crippen LogP) is 4.15. The fourth-order valence-corrected chi connectivity index (χ4v) is 3.94. The number of aryl methyl sites for hydroxylation is 1. The Bertz CT molecular complexity index is 359. The normalized spacial score (nSPS) is 29.5. The summed E-state index contributed by atoms with van der Waals surface area (Å²) >= 11 is 1.79. The molecule has 0 saturated heterocycles. The van der Waals surface area contributed by atoms with E-state index in [1.165, 1.54) is 23.5 Å². The first-order valence-electron chi connectivity index (χ1n) is 6.79. The molecular formula is C14H23NOS. The van der Waals surface area contributed by atoms with Gasteiger partial charge in [-0.25, -0.2) is 4.98 Å². The van der Waals surface area contributed by atoms with Crippen molar-refractivity contribution in [2.45, 2.75) is 58.5 Å². The van der Waals surface area contributed by atoms with Crippen LogP contribution in [0, 0.1) is 5.92 Å². The first-order valence-corrected chi connectivity index (χ1v) is 7.67. The summed E-state index contributed by atoms with van der Waals surface area (Å²) < 4.78 is 6.13. The summed E-state index contributed by atoms with van der Waals surface area (Å²) in [4.78, 5) is 4.77. The van der Waals surface area contributed by atoms with Crippen molar-refractivity contribution in [2.24, 2.45) is 5.92 Å². The second-order valence-corrected chi connectivity index (χ2v) is 5.98. The maximum absolute atomic E-state index is 6.13. The Balaban J connectivity index is 2.26. The molecule has 1 aromatic rings. The van der Waals surface area contributed by atoms with Crippen LogP contribution in [-0.4, -0.2) is 11.6 Å². The molecule has 3 heteroatoms. The van der Waals surface area contributed by atoms with E-state index < -0.39 is 0 Å². The third kappa shape index (κ3) is 2.71. The number of rotatable bonds is 4. The first kappa shape index (κ1) is 13.0. The van der Waals surface area contributed by atoms with Crippen LogP contribution in [0.25, 0.3) is 0 Å². The largest absolute Gasteiger partial charge is 0.368 e. The highest BCUT2D eigenvalue weighted by Crippen LogP contribution is 2.43. The van der Waals surface area contributed by atoms with Crippen LogP contribution in [0.15, 0.2) is 5.38 Å². The first-order chi connectivity index (χ1) is 8.20. The topological polar surface area (TPSA) is 22.1 Å². The molecule has 1 aromatic heterocycles. The van der Waals surface area contributed by atoms with Crippen LogP contribution < -0.4 is 0 Å². The highest BCUT2D eigenvalue weighted by molar-refractivity contribution is 7.09. The van der Waals surface area contributed by atoms with Crippen molar-refractivity contribution in [3.8, 4) is 0 Å². The summed E-state index contributed by atoms with van der Waals surface area (Å²) in [7, 11) is 0. The van der Waals surface area contributed by atoms with Gasteiger partial charge in [-0.3, -0.25) is 0 Å². The molecule has 0 radical (unpaired) electrons. The van der Waals surface area contributed by atoms with Gasteiger partial charge in [-0.1, -0.05) is 20.3 Å². The summed E-state index contributed by atoms with van der Waals surface area (Å²) in [5, 5.41) is 3.40. The molecule has 2 rings (SSSR count). The zero-order valence-electron chi connectivity index (χ0n) is 11.2.